The van der Waals surface area contributed by atoms with E-state index in [2.05, 4.69) is 10.4 Å². The van der Waals surface area contributed by atoms with Crippen LogP contribution in [0.5, 0.6) is 0 Å². The van der Waals surface area contributed by atoms with Crippen LogP contribution in [0.3, 0.4) is 0 Å². The molecule has 0 spiro atoms. The van der Waals surface area contributed by atoms with Gasteiger partial charge in [-0.2, -0.15) is 5.10 Å². The van der Waals surface area contributed by atoms with Crippen molar-refractivity contribution in [2.75, 3.05) is 0 Å². The summed E-state index contributed by atoms with van der Waals surface area (Å²) in [5.41, 5.74) is 2.93. The predicted molar refractivity (Wildman–Crippen MR) is 128 cm³/mol. The molecule has 1 aliphatic rings. The molecule has 1 atom stereocenters. The van der Waals surface area contributed by atoms with Crippen LogP contribution in [-0.2, 0) is 24.4 Å². The molecule has 172 valence electrons. The predicted octanol–water partition coefficient (Wildman–Crippen LogP) is 4.18. The van der Waals surface area contributed by atoms with E-state index in [1.807, 2.05) is 61.5 Å². The Hall–Kier alpha value is -4.13. The summed E-state index contributed by atoms with van der Waals surface area (Å²) in [7, 11) is 0. The number of nitrogens with one attached hydrogen (secondary N) is 1. The highest BCUT2D eigenvalue weighted by Gasteiger charge is 2.48. The van der Waals surface area contributed by atoms with E-state index >= 15 is 0 Å². The molecule has 1 N–H and O–H groups in total. The number of aryl methyl sites for hydroxylation is 1. The highest BCUT2D eigenvalue weighted by molar-refractivity contribution is 6.00. The summed E-state index contributed by atoms with van der Waals surface area (Å²) < 4.78 is 7.10. The maximum Gasteiger partial charge on any atom is 0.273 e. The second-order valence-corrected chi connectivity index (χ2v) is 8.81. The fourth-order valence-corrected chi connectivity index (χ4v) is 4.36. The quantitative estimate of drug-likeness (QED) is 0.474. The average Bonchev–Trinajstić information content (AvgIpc) is 3.52. The number of hydrogen-bond acceptors (Lipinski definition) is 4. The van der Waals surface area contributed by atoms with E-state index < -0.39 is 5.54 Å². The second kappa shape index (κ2) is 8.67. The summed E-state index contributed by atoms with van der Waals surface area (Å²) in [4.78, 5) is 29.0. The van der Waals surface area contributed by atoms with Gasteiger partial charge in [0.25, 0.3) is 5.91 Å². The lowest BCUT2D eigenvalue weighted by Crippen LogP contribution is -2.63. The van der Waals surface area contributed by atoms with Crippen LogP contribution in [0.15, 0.2) is 83.5 Å². The molecule has 2 aromatic carbocycles. The summed E-state index contributed by atoms with van der Waals surface area (Å²) in [6, 6.07) is 22.9. The third kappa shape index (κ3) is 3.90. The lowest BCUT2D eigenvalue weighted by atomic mass is 9.93. The van der Waals surface area contributed by atoms with Crippen molar-refractivity contribution in [2.45, 2.75) is 39.0 Å². The largest absolute Gasteiger partial charge is 0.463 e. The summed E-state index contributed by atoms with van der Waals surface area (Å²) in [6.45, 7) is 4.76. The molecular formula is C27H26N4O3. The van der Waals surface area contributed by atoms with Gasteiger partial charge in [0.2, 0.25) is 5.91 Å². The van der Waals surface area contributed by atoms with Crippen molar-refractivity contribution in [1.82, 2.24) is 20.0 Å². The van der Waals surface area contributed by atoms with Gasteiger partial charge >= 0.3 is 0 Å². The van der Waals surface area contributed by atoms with Gasteiger partial charge in [0.15, 0.2) is 5.76 Å². The van der Waals surface area contributed by atoms with Crippen LogP contribution >= 0.6 is 0 Å². The zero-order chi connectivity index (χ0) is 23.7. The lowest BCUT2D eigenvalue weighted by Gasteiger charge is -2.43. The Morgan fingerprint density at radius 3 is 2.59 bits per heavy atom. The summed E-state index contributed by atoms with van der Waals surface area (Å²) in [5, 5.41) is 7.63. The van der Waals surface area contributed by atoms with Gasteiger partial charge in [-0.15, -0.1) is 0 Å². The zero-order valence-electron chi connectivity index (χ0n) is 19.2. The number of furan rings is 1. The number of carbonyl (C=O) groups excluding carboxylic acids is 2. The molecular weight excluding hydrogens is 428 g/mol. The molecule has 0 aliphatic carbocycles. The van der Waals surface area contributed by atoms with Crippen molar-refractivity contribution in [3.8, 4) is 11.5 Å². The fraction of sp³-hybridized carbons (Fsp3) is 0.222. The molecule has 4 aromatic rings. The molecule has 5 rings (SSSR count). The Labute approximate surface area is 198 Å². The van der Waals surface area contributed by atoms with Gasteiger partial charge in [-0.25, -0.2) is 0 Å². The molecule has 7 heteroatoms. The van der Waals surface area contributed by atoms with E-state index in [-0.39, 0.29) is 18.4 Å². The van der Waals surface area contributed by atoms with Gasteiger partial charge < -0.3 is 14.6 Å². The molecule has 0 bridgehead atoms. The summed E-state index contributed by atoms with van der Waals surface area (Å²) in [6.07, 6.45) is 1.57. The SMILES string of the molecule is Cc1ccccc1CN1C(=O)c2cc(-c3ccco3)nn2CC1(C)C(=O)NCc1ccccc1. The standard InChI is InChI=1S/C27H26N4O3/c1-19-9-6-7-12-21(19)17-30-25(32)23-15-22(24-13-8-14-34-24)29-31(23)18-27(30,2)26(33)28-16-20-10-4-3-5-11-20/h3-15H,16-18H2,1-2H3,(H,28,33). The number of aromatic nitrogens is 2. The molecule has 1 unspecified atom stereocenters. The number of hydrogen-bond donors (Lipinski definition) is 1. The van der Waals surface area contributed by atoms with E-state index in [0.29, 0.717) is 30.2 Å². The Kier molecular flexibility index (Phi) is 5.53. The second-order valence-electron chi connectivity index (χ2n) is 8.81. The van der Waals surface area contributed by atoms with Crippen molar-refractivity contribution >= 4 is 11.8 Å². The average molecular weight is 455 g/mol. The topological polar surface area (TPSA) is 80.4 Å². The first-order chi connectivity index (χ1) is 16.5. The Morgan fingerprint density at radius 1 is 1.09 bits per heavy atom. The number of benzene rings is 2. The molecule has 34 heavy (non-hydrogen) atoms. The van der Waals surface area contributed by atoms with E-state index in [0.717, 1.165) is 16.7 Å². The molecule has 2 amide bonds. The first-order valence-corrected chi connectivity index (χ1v) is 11.3. The highest BCUT2D eigenvalue weighted by Crippen LogP contribution is 2.32. The van der Waals surface area contributed by atoms with E-state index in [4.69, 9.17) is 4.42 Å². The smallest absolute Gasteiger partial charge is 0.273 e. The van der Waals surface area contributed by atoms with Crippen molar-refractivity contribution < 1.29 is 14.0 Å². The summed E-state index contributed by atoms with van der Waals surface area (Å²) >= 11 is 0. The van der Waals surface area contributed by atoms with Crippen LogP contribution in [-0.4, -0.2) is 32.0 Å². The Balaban J connectivity index is 1.51. The van der Waals surface area contributed by atoms with Crippen LogP contribution in [0.1, 0.15) is 34.1 Å². The van der Waals surface area contributed by atoms with Crippen LogP contribution in [0.2, 0.25) is 0 Å². The van der Waals surface area contributed by atoms with Crippen LogP contribution in [0, 0.1) is 6.92 Å². The lowest BCUT2D eigenvalue weighted by molar-refractivity contribution is -0.133. The minimum absolute atomic E-state index is 0.223. The van der Waals surface area contributed by atoms with Crippen molar-refractivity contribution in [2.24, 2.45) is 0 Å². The minimum atomic E-state index is -1.13. The third-order valence-corrected chi connectivity index (χ3v) is 6.45. The van der Waals surface area contributed by atoms with E-state index in [1.54, 1.807) is 41.0 Å². The van der Waals surface area contributed by atoms with E-state index in [1.165, 1.54) is 0 Å². The Bertz CT molecular complexity index is 1330. The van der Waals surface area contributed by atoms with Gasteiger partial charge in [-0.05, 0) is 42.7 Å². The van der Waals surface area contributed by atoms with Crippen molar-refractivity contribution in [3.05, 3.63) is 101 Å². The summed E-state index contributed by atoms with van der Waals surface area (Å²) in [5.74, 6) is 0.117. The number of amides is 2. The first-order valence-electron chi connectivity index (χ1n) is 11.3. The fourth-order valence-electron chi connectivity index (χ4n) is 4.36. The number of carbonyl (C=O) groups is 2. The minimum Gasteiger partial charge on any atom is -0.463 e. The molecule has 0 fully saturated rings. The molecule has 2 aromatic heterocycles. The van der Waals surface area contributed by atoms with Gasteiger partial charge in [0.1, 0.15) is 16.9 Å². The monoisotopic (exact) mass is 454 g/mol. The highest BCUT2D eigenvalue weighted by atomic mass is 16.3. The van der Waals surface area contributed by atoms with E-state index in [9.17, 15) is 9.59 Å². The molecule has 0 radical (unpaired) electrons. The van der Waals surface area contributed by atoms with Gasteiger partial charge in [0.05, 0.1) is 12.8 Å². The van der Waals surface area contributed by atoms with Crippen molar-refractivity contribution in [3.63, 3.8) is 0 Å². The zero-order valence-corrected chi connectivity index (χ0v) is 19.2. The number of nitrogens with zero attached hydrogens (tertiary/aromatic N) is 3. The van der Waals surface area contributed by atoms with Crippen molar-refractivity contribution in [1.29, 1.82) is 0 Å². The molecule has 0 saturated carbocycles. The van der Waals surface area contributed by atoms with Gasteiger partial charge in [-0.1, -0.05) is 54.6 Å². The maximum absolute atomic E-state index is 13.8. The first kappa shape index (κ1) is 21.7. The van der Waals surface area contributed by atoms with Crippen LogP contribution in [0.4, 0.5) is 0 Å². The molecule has 3 heterocycles. The Morgan fingerprint density at radius 2 is 1.85 bits per heavy atom. The number of rotatable bonds is 6. The maximum atomic E-state index is 13.8. The molecule has 7 nitrogen and oxygen atoms in total. The van der Waals surface area contributed by atoms with Gasteiger partial charge in [-0.3, -0.25) is 14.3 Å². The van der Waals surface area contributed by atoms with Gasteiger partial charge in [0, 0.05) is 19.2 Å². The van der Waals surface area contributed by atoms with Crippen LogP contribution < -0.4 is 5.32 Å². The normalized spacial score (nSPS) is 17.5. The van der Waals surface area contributed by atoms with Crippen LogP contribution in [0.25, 0.3) is 11.5 Å². The molecule has 0 saturated heterocycles. The third-order valence-electron chi connectivity index (χ3n) is 6.45. The molecule has 1 aliphatic heterocycles. The number of fused-ring (bicyclic) bond motifs is 1.